The van der Waals surface area contributed by atoms with Crippen molar-refractivity contribution in [1.29, 1.82) is 0 Å². The highest BCUT2D eigenvalue weighted by molar-refractivity contribution is 5.89. The van der Waals surface area contributed by atoms with Crippen LogP contribution in [0.2, 0.25) is 0 Å². The standard InChI is InChI=1S/C16H20N2O3/c1-2-13-15(19)17-7-8-18(13)16(20)12-9-11-5-3-4-6-14(11)21-10-12/h3-6,12-13H,2,7-10H2,1H3,(H,17,19). The van der Waals surface area contributed by atoms with Crippen LogP contribution >= 0.6 is 0 Å². The number of hydrogen-bond acceptors (Lipinski definition) is 3. The second-order valence-corrected chi connectivity index (χ2v) is 5.57. The van der Waals surface area contributed by atoms with Gasteiger partial charge in [-0.25, -0.2) is 0 Å². The van der Waals surface area contributed by atoms with E-state index in [2.05, 4.69) is 5.32 Å². The number of rotatable bonds is 2. The fraction of sp³-hybridized carbons (Fsp3) is 0.500. The molecule has 0 aromatic heterocycles. The van der Waals surface area contributed by atoms with Crippen LogP contribution in [0, 0.1) is 5.92 Å². The summed E-state index contributed by atoms with van der Waals surface area (Å²) in [5, 5.41) is 2.82. The Morgan fingerprint density at radius 3 is 3.05 bits per heavy atom. The minimum Gasteiger partial charge on any atom is -0.492 e. The largest absolute Gasteiger partial charge is 0.492 e. The number of amides is 2. The summed E-state index contributed by atoms with van der Waals surface area (Å²) < 4.78 is 5.70. The number of nitrogens with one attached hydrogen (secondary N) is 1. The zero-order valence-corrected chi connectivity index (χ0v) is 12.2. The van der Waals surface area contributed by atoms with Crippen molar-refractivity contribution in [1.82, 2.24) is 10.2 Å². The molecule has 1 aromatic rings. The van der Waals surface area contributed by atoms with Crippen LogP contribution in [0.15, 0.2) is 24.3 Å². The van der Waals surface area contributed by atoms with E-state index in [0.717, 1.165) is 11.3 Å². The van der Waals surface area contributed by atoms with Crippen LogP contribution in [0.4, 0.5) is 0 Å². The van der Waals surface area contributed by atoms with Gasteiger partial charge < -0.3 is 15.0 Å². The second kappa shape index (κ2) is 5.76. The molecule has 1 N–H and O–H groups in total. The zero-order chi connectivity index (χ0) is 14.8. The molecule has 2 atom stereocenters. The van der Waals surface area contributed by atoms with Crippen molar-refractivity contribution in [3.05, 3.63) is 29.8 Å². The van der Waals surface area contributed by atoms with E-state index in [1.807, 2.05) is 31.2 Å². The molecule has 1 saturated heterocycles. The van der Waals surface area contributed by atoms with Crippen LogP contribution in [0.3, 0.4) is 0 Å². The van der Waals surface area contributed by atoms with Crippen molar-refractivity contribution >= 4 is 11.8 Å². The predicted octanol–water partition coefficient (Wildman–Crippen LogP) is 0.975. The van der Waals surface area contributed by atoms with E-state index < -0.39 is 0 Å². The Kier molecular flexibility index (Phi) is 3.82. The van der Waals surface area contributed by atoms with Gasteiger partial charge in [-0.2, -0.15) is 0 Å². The lowest BCUT2D eigenvalue weighted by molar-refractivity contribution is -0.147. The third-order valence-electron chi connectivity index (χ3n) is 4.23. The normalized spacial score (nSPS) is 24.8. The maximum Gasteiger partial charge on any atom is 0.242 e. The number of ether oxygens (including phenoxy) is 1. The topological polar surface area (TPSA) is 58.6 Å². The van der Waals surface area contributed by atoms with Crippen molar-refractivity contribution < 1.29 is 14.3 Å². The maximum absolute atomic E-state index is 12.7. The Bertz CT molecular complexity index is 558. The zero-order valence-electron chi connectivity index (χ0n) is 12.2. The number of carbonyl (C=O) groups is 2. The van der Waals surface area contributed by atoms with Gasteiger partial charge in [-0.3, -0.25) is 9.59 Å². The Morgan fingerprint density at radius 1 is 1.43 bits per heavy atom. The van der Waals surface area contributed by atoms with Crippen molar-refractivity contribution in [2.45, 2.75) is 25.8 Å². The molecule has 0 spiro atoms. The summed E-state index contributed by atoms with van der Waals surface area (Å²) in [6.45, 7) is 3.44. The Balaban J connectivity index is 1.75. The first-order valence-electron chi connectivity index (χ1n) is 7.49. The number of para-hydroxylation sites is 1. The molecule has 5 heteroatoms. The molecule has 2 unspecified atom stereocenters. The van der Waals surface area contributed by atoms with Crippen molar-refractivity contribution in [2.75, 3.05) is 19.7 Å². The molecule has 21 heavy (non-hydrogen) atoms. The number of hydrogen-bond donors (Lipinski definition) is 1. The minimum absolute atomic E-state index is 0.0335. The van der Waals surface area contributed by atoms with Gasteiger partial charge in [0.15, 0.2) is 0 Å². The summed E-state index contributed by atoms with van der Waals surface area (Å²) in [6, 6.07) is 7.47. The molecule has 112 valence electrons. The summed E-state index contributed by atoms with van der Waals surface area (Å²) in [7, 11) is 0. The fourth-order valence-corrected chi connectivity index (χ4v) is 3.11. The van der Waals surface area contributed by atoms with Crippen LogP contribution < -0.4 is 10.1 Å². The summed E-state index contributed by atoms with van der Waals surface area (Å²) in [5.41, 5.74) is 1.07. The molecule has 1 aromatic carbocycles. The molecule has 0 radical (unpaired) electrons. The van der Waals surface area contributed by atoms with Crippen LogP contribution in [-0.4, -0.2) is 42.5 Å². The highest BCUT2D eigenvalue weighted by Gasteiger charge is 2.36. The van der Waals surface area contributed by atoms with E-state index in [1.54, 1.807) is 4.90 Å². The third-order valence-corrected chi connectivity index (χ3v) is 4.23. The first-order chi connectivity index (χ1) is 10.2. The van der Waals surface area contributed by atoms with E-state index in [9.17, 15) is 9.59 Å². The van der Waals surface area contributed by atoms with Crippen LogP contribution in [0.1, 0.15) is 18.9 Å². The molecule has 2 aliphatic rings. The number of benzene rings is 1. The van der Waals surface area contributed by atoms with Crippen molar-refractivity contribution in [2.24, 2.45) is 5.92 Å². The monoisotopic (exact) mass is 288 g/mol. The molecule has 0 bridgehead atoms. The van der Waals surface area contributed by atoms with E-state index in [1.165, 1.54) is 0 Å². The molecule has 2 amide bonds. The smallest absolute Gasteiger partial charge is 0.242 e. The summed E-state index contributed by atoms with van der Waals surface area (Å²) in [4.78, 5) is 26.4. The van der Waals surface area contributed by atoms with Crippen molar-refractivity contribution in [3.8, 4) is 5.75 Å². The highest BCUT2D eigenvalue weighted by atomic mass is 16.5. The molecule has 0 saturated carbocycles. The van der Waals surface area contributed by atoms with E-state index in [4.69, 9.17) is 4.74 Å². The average molecular weight is 288 g/mol. The molecule has 2 aliphatic heterocycles. The summed E-state index contributed by atoms with van der Waals surface area (Å²) in [5.74, 6) is 0.658. The summed E-state index contributed by atoms with van der Waals surface area (Å²) >= 11 is 0. The van der Waals surface area contributed by atoms with Gasteiger partial charge in [-0.15, -0.1) is 0 Å². The van der Waals surface area contributed by atoms with Crippen LogP contribution in [0.5, 0.6) is 5.75 Å². The number of nitrogens with zero attached hydrogens (tertiary/aromatic N) is 1. The molecular formula is C16H20N2O3. The Hall–Kier alpha value is -2.04. The molecule has 1 fully saturated rings. The van der Waals surface area contributed by atoms with E-state index >= 15 is 0 Å². The van der Waals surface area contributed by atoms with Gasteiger partial charge in [-0.05, 0) is 24.5 Å². The van der Waals surface area contributed by atoms with Gasteiger partial charge in [0.05, 0.1) is 5.92 Å². The van der Waals surface area contributed by atoms with Gasteiger partial charge in [0, 0.05) is 13.1 Å². The van der Waals surface area contributed by atoms with Gasteiger partial charge >= 0.3 is 0 Å². The lowest BCUT2D eigenvalue weighted by atomic mass is 9.94. The molecule has 2 heterocycles. The number of piperazine rings is 1. The quantitative estimate of drug-likeness (QED) is 0.882. The van der Waals surface area contributed by atoms with Gasteiger partial charge in [0.2, 0.25) is 11.8 Å². The van der Waals surface area contributed by atoms with Gasteiger partial charge in [0.1, 0.15) is 18.4 Å². The van der Waals surface area contributed by atoms with Gasteiger partial charge in [0.25, 0.3) is 0 Å². The Labute approximate surface area is 124 Å². The summed E-state index contributed by atoms with van der Waals surface area (Å²) in [6.07, 6.45) is 1.32. The predicted molar refractivity (Wildman–Crippen MR) is 77.9 cm³/mol. The highest BCUT2D eigenvalue weighted by Crippen LogP contribution is 2.28. The van der Waals surface area contributed by atoms with Gasteiger partial charge in [-0.1, -0.05) is 25.1 Å². The minimum atomic E-state index is -0.344. The maximum atomic E-state index is 12.7. The van der Waals surface area contributed by atoms with E-state index in [-0.39, 0.29) is 23.8 Å². The number of carbonyl (C=O) groups excluding carboxylic acids is 2. The first kappa shape index (κ1) is 13.9. The third kappa shape index (κ3) is 2.60. The Morgan fingerprint density at radius 2 is 2.24 bits per heavy atom. The lowest BCUT2D eigenvalue weighted by Crippen LogP contribution is -2.58. The number of fused-ring (bicyclic) bond motifs is 1. The van der Waals surface area contributed by atoms with Crippen LogP contribution in [0.25, 0.3) is 0 Å². The van der Waals surface area contributed by atoms with Crippen molar-refractivity contribution in [3.63, 3.8) is 0 Å². The fourth-order valence-electron chi connectivity index (χ4n) is 3.11. The SMILES string of the molecule is CCC1C(=O)NCCN1C(=O)C1COc2ccccc2C1. The van der Waals surface area contributed by atoms with E-state index in [0.29, 0.717) is 32.5 Å². The molecular weight excluding hydrogens is 268 g/mol. The molecule has 0 aliphatic carbocycles. The lowest BCUT2D eigenvalue weighted by Gasteiger charge is -2.37. The average Bonchev–Trinajstić information content (AvgIpc) is 2.53. The second-order valence-electron chi connectivity index (χ2n) is 5.57. The molecule has 5 nitrogen and oxygen atoms in total. The van der Waals surface area contributed by atoms with Crippen LogP contribution in [-0.2, 0) is 16.0 Å². The first-order valence-corrected chi connectivity index (χ1v) is 7.49. The molecule has 3 rings (SSSR count).